The summed E-state index contributed by atoms with van der Waals surface area (Å²) in [5, 5.41) is 0. The molecule has 0 radical (unpaired) electrons. The van der Waals surface area contributed by atoms with Crippen molar-refractivity contribution in [2.75, 3.05) is 0 Å². The van der Waals surface area contributed by atoms with Crippen molar-refractivity contribution in [3.8, 4) is 0 Å². The van der Waals surface area contributed by atoms with Crippen LogP contribution in [0.3, 0.4) is 0 Å². The number of hydrogen-bond donors (Lipinski definition) is 2. The Morgan fingerprint density at radius 3 is 2.54 bits per heavy atom. The van der Waals surface area contributed by atoms with E-state index in [4.69, 9.17) is 5.73 Å². The van der Waals surface area contributed by atoms with Crippen LogP contribution in [0.1, 0.15) is 46.5 Å². The number of nitrogens with one attached hydrogen (secondary N) is 1. The van der Waals surface area contributed by atoms with E-state index in [1.807, 2.05) is 11.9 Å². The molecule has 1 aliphatic rings. The molecule has 2 unspecified atom stereocenters. The maximum absolute atomic E-state index is 5.92. The van der Waals surface area contributed by atoms with E-state index in [1.165, 1.54) is 19.3 Å². The molecule has 0 bridgehead atoms. The zero-order valence-corrected chi connectivity index (χ0v) is 9.79. The Balaban J connectivity index is 2.21. The number of rotatable bonds is 2. The second-order valence-corrected chi connectivity index (χ2v) is 6.62. The van der Waals surface area contributed by atoms with Crippen LogP contribution in [0, 0.1) is 0 Å². The van der Waals surface area contributed by atoms with Crippen LogP contribution in [-0.2, 0) is 0 Å². The van der Waals surface area contributed by atoms with Crippen molar-refractivity contribution in [3.05, 3.63) is 0 Å². The quantitative estimate of drug-likeness (QED) is 0.675. The Hall–Kier alpha value is 0.270. The maximum atomic E-state index is 5.92. The topological polar surface area (TPSA) is 38.0 Å². The van der Waals surface area contributed by atoms with Crippen molar-refractivity contribution in [1.29, 1.82) is 0 Å². The van der Waals surface area contributed by atoms with E-state index in [9.17, 15) is 0 Å². The minimum absolute atomic E-state index is 0.307. The minimum Gasteiger partial charge on any atom is -0.328 e. The van der Waals surface area contributed by atoms with E-state index in [-0.39, 0.29) is 0 Å². The smallest absolute Gasteiger partial charge is 0.0220 e. The van der Waals surface area contributed by atoms with Crippen LogP contribution in [0.25, 0.3) is 0 Å². The SMILES string of the molecule is CC(C)(C)SNC1CCCC(N)C1. The third-order valence-corrected chi connectivity index (χ3v) is 3.31. The van der Waals surface area contributed by atoms with Gasteiger partial charge in [-0.05, 0) is 40.0 Å². The van der Waals surface area contributed by atoms with Gasteiger partial charge in [0.1, 0.15) is 0 Å². The second-order valence-electron chi connectivity index (χ2n) is 4.96. The summed E-state index contributed by atoms with van der Waals surface area (Å²) in [7, 11) is 0. The van der Waals surface area contributed by atoms with Crippen molar-refractivity contribution in [2.45, 2.75) is 63.3 Å². The molecule has 3 N–H and O–H groups in total. The van der Waals surface area contributed by atoms with E-state index in [1.54, 1.807) is 0 Å². The molecule has 2 atom stereocenters. The molecule has 0 aromatic heterocycles. The lowest BCUT2D eigenvalue weighted by atomic mass is 9.92. The molecule has 13 heavy (non-hydrogen) atoms. The summed E-state index contributed by atoms with van der Waals surface area (Å²) in [4.78, 5) is 0. The fourth-order valence-electron chi connectivity index (χ4n) is 1.59. The number of nitrogens with two attached hydrogens (primary N) is 1. The van der Waals surface area contributed by atoms with E-state index >= 15 is 0 Å². The van der Waals surface area contributed by atoms with Crippen LogP contribution in [0.4, 0.5) is 0 Å². The summed E-state index contributed by atoms with van der Waals surface area (Å²) in [6.07, 6.45) is 4.92. The van der Waals surface area contributed by atoms with Gasteiger partial charge >= 0.3 is 0 Å². The van der Waals surface area contributed by atoms with Gasteiger partial charge in [-0.25, -0.2) is 0 Å². The average Bonchev–Trinajstić information content (AvgIpc) is 2.00. The molecule has 78 valence electrons. The van der Waals surface area contributed by atoms with Gasteiger partial charge in [0.15, 0.2) is 0 Å². The van der Waals surface area contributed by atoms with Gasteiger partial charge in [0.25, 0.3) is 0 Å². The fraction of sp³-hybridized carbons (Fsp3) is 1.00. The predicted octanol–water partition coefficient (Wildman–Crippen LogP) is 2.29. The first-order chi connectivity index (χ1) is 5.97. The standard InChI is InChI=1S/C10H22N2S/c1-10(2,3)13-12-9-6-4-5-8(11)7-9/h8-9,12H,4-7,11H2,1-3H3. The zero-order valence-electron chi connectivity index (χ0n) is 8.97. The van der Waals surface area contributed by atoms with Gasteiger partial charge < -0.3 is 5.73 Å². The first-order valence-electron chi connectivity index (χ1n) is 5.16. The lowest BCUT2D eigenvalue weighted by Crippen LogP contribution is -2.38. The van der Waals surface area contributed by atoms with Gasteiger partial charge in [0.2, 0.25) is 0 Å². The van der Waals surface area contributed by atoms with Crippen LogP contribution < -0.4 is 10.5 Å². The summed E-state index contributed by atoms with van der Waals surface area (Å²) in [6.45, 7) is 6.69. The highest BCUT2D eigenvalue weighted by molar-refractivity contribution is 7.98. The Kier molecular flexibility index (Phi) is 4.07. The molecule has 0 spiro atoms. The summed E-state index contributed by atoms with van der Waals surface area (Å²) in [5.74, 6) is 0. The van der Waals surface area contributed by atoms with Crippen LogP contribution in [0.15, 0.2) is 0 Å². The normalized spacial score (nSPS) is 30.5. The average molecular weight is 202 g/mol. The van der Waals surface area contributed by atoms with Gasteiger partial charge in [-0.1, -0.05) is 18.4 Å². The van der Waals surface area contributed by atoms with E-state index in [2.05, 4.69) is 25.5 Å². The lowest BCUT2D eigenvalue weighted by molar-refractivity contribution is 0.377. The largest absolute Gasteiger partial charge is 0.328 e. The summed E-state index contributed by atoms with van der Waals surface area (Å²) in [5.41, 5.74) is 5.92. The van der Waals surface area contributed by atoms with Gasteiger partial charge in [0, 0.05) is 16.8 Å². The molecular formula is C10H22N2S. The summed E-state index contributed by atoms with van der Waals surface area (Å²) in [6, 6.07) is 1.06. The van der Waals surface area contributed by atoms with Crippen molar-refractivity contribution >= 4 is 11.9 Å². The molecule has 1 rings (SSSR count). The van der Waals surface area contributed by atoms with Crippen molar-refractivity contribution in [3.63, 3.8) is 0 Å². The Morgan fingerprint density at radius 1 is 1.31 bits per heavy atom. The summed E-state index contributed by atoms with van der Waals surface area (Å²) < 4.78 is 3.84. The third-order valence-electron chi connectivity index (χ3n) is 2.25. The molecule has 1 aliphatic carbocycles. The molecule has 0 saturated heterocycles. The fourth-order valence-corrected chi connectivity index (χ4v) is 2.33. The monoisotopic (exact) mass is 202 g/mol. The van der Waals surface area contributed by atoms with Gasteiger partial charge in [-0.15, -0.1) is 0 Å². The van der Waals surface area contributed by atoms with Crippen molar-refractivity contribution in [1.82, 2.24) is 4.72 Å². The molecule has 0 amide bonds. The molecular weight excluding hydrogens is 180 g/mol. The Bertz CT molecular complexity index is 153. The van der Waals surface area contributed by atoms with Crippen LogP contribution in [0.5, 0.6) is 0 Å². The van der Waals surface area contributed by atoms with E-state index in [0.717, 1.165) is 6.42 Å². The number of hydrogen-bond acceptors (Lipinski definition) is 3. The molecule has 2 nitrogen and oxygen atoms in total. The minimum atomic E-state index is 0.307. The van der Waals surface area contributed by atoms with Crippen LogP contribution >= 0.6 is 11.9 Å². The van der Waals surface area contributed by atoms with E-state index in [0.29, 0.717) is 16.8 Å². The Morgan fingerprint density at radius 2 is 2.00 bits per heavy atom. The molecule has 0 aromatic carbocycles. The molecule has 3 heteroatoms. The van der Waals surface area contributed by atoms with Gasteiger partial charge in [-0.2, -0.15) is 0 Å². The molecule has 0 aromatic rings. The van der Waals surface area contributed by atoms with Crippen LogP contribution in [-0.4, -0.2) is 16.8 Å². The highest BCUT2D eigenvalue weighted by Gasteiger charge is 2.21. The van der Waals surface area contributed by atoms with E-state index < -0.39 is 0 Å². The highest BCUT2D eigenvalue weighted by atomic mass is 32.2. The maximum Gasteiger partial charge on any atom is 0.0220 e. The second kappa shape index (κ2) is 4.67. The summed E-state index contributed by atoms with van der Waals surface area (Å²) >= 11 is 1.84. The predicted molar refractivity (Wildman–Crippen MR) is 60.7 cm³/mol. The Labute approximate surface area is 86.2 Å². The molecule has 0 aliphatic heterocycles. The van der Waals surface area contributed by atoms with Crippen molar-refractivity contribution in [2.24, 2.45) is 5.73 Å². The van der Waals surface area contributed by atoms with Gasteiger partial charge in [-0.3, -0.25) is 4.72 Å². The first-order valence-corrected chi connectivity index (χ1v) is 5.98. The lowest BCUT2D eigenvalue weighted by Gasteiger charge is -2.29. The highest BCUT2D eigenvalue weighted by Crippen LogP contribution is 2.24. The van der Waals surface area contributed by atoms with Crippen molar-refractivity contribution < 1.29 is 0 Å². The first kappa shape index (κ1) is 11.3. The van der Waals surface area contributed by atoms with Crippen LogP contribution in [0.2, 0.25) is 0 Å². The molecule has 1 saturated carbocycles. The molecule has 0 heterocycles. The molecule has 1 fully saturated rings. The van der Waals surface area contributed by atoms with Gasteiger partial charge in [0.05, 0.1) is 0 Å². The third kappa shape index (κ3) is 4.89. The zero-order chi connectivity index (χ0) is 9.90.